The number of aliphatic hydroxyl groups excluding tert-OH is 2. The molecule has 3 rings (SSSR count). The van der Waals surface area contributed by atoms with Gasteiger partial charge in [0, 0.05) is 0 Å². The smallest absolute Gasteiger partial charge is 0.277 e. The van der Waals surface area contributed by atoms with E-state index in [1.807, 2.05) is 0 Å². The van der Waals surface area contributed by atoms with Gasteiger partial charge in [0.2, 0.25) is 5.95 Å². The Morgan fingerprint density at radius 1 is 1.44 bits per heavy atom. The van der Waals surface area contributed by atoms with Crippen LogP contribution in [0.4, 0.5) is 17.5 Å². The first kappa shape index (κ1) is 11.3. The fourth-order valence-electron chi connectivity index (χ4n) is 2.23. The largest absolute Gasteiger partial charge is 0.394 e. The molecule has 0 bridgehead atoms. The van der Waals surface area contributed by atoms with Gasteiger partial charge in [-0.2, -0.15) is 4.98 Å². The van der Waals surface area contributed by atoms with Crippen molar-refractivity contribution in [3.05, 3.63) is 10.4 Å². The van der Waals surface area contributed by atoms with Gasteiger partial charge in [-0.3, -0.25) is 9.78 Å². The van der Waals surface area contributed by atoms with Crippen LogP contribution in [-0.4, -0.2) is 51.3 Å². The molecule has 1 aromatic rings. The van der Waals surface area contributed by atoms with Crippen LogP contribution in [0.15, 0.2) is 4.79 Å². The number of hydrogen-bond acceptors (Lipinski definition) is 8. The Bertz CT molecular complexity index is 532. The minimum atomic E-state index is -0.919. The van der Waals surface area contributed by atoms with Crippen molar-refractivity contribution >= 4 is 17.5 Å². The van der Waals surface area contributed by atoms with Crippen molar-refractivity contribution < 1.29 is 14.9 Å². The van der Waals surface area contributed by atoms with Crippen LogP contribution in [0.3, 0.4) is 0 Å². The van der Waals surface area contributed by atoms with E-state index in [4.69, 9.17) is 15.6 Å². The summed E-state index contributed by atoms with van der Waals surface area (Å²) in [6, 6.07) is -0.527. The average molecular weight is 255 g/mol. The van der Waals surface area contributed by atoms with Crippen molar-refractivity contribution in [2.24, 2.45) is 0 Å². The van der Waals surface area contributed by atoms with Crippen LogP contribution in [-0.2, 0) is 4.74 Å². The minimum absolute atomic E-state index is 0.0104. The molecule has 0 aromatic carbocycles. The molecule has 0 amide bonds. The third-order valence-electron chi connectivity index (χ3n) is 3.10. The van der Waals surface area contributed by atoms with Crippen LogP contribution in [0.1, 0.15) is 0 Å². The third-order valence-corrected chi connectivity index (χ3v) is 3.10. The molecule has 7 N–H and O–H groups in total. The van der Waals surface area contributed by atoms with E-state index in [0.29, 0.717) is 0 Å². The van der Waals surface area contributed by atoms with Crippen LogP contribution in [0.2, 0.25) is 0 Å². The van der Waals surface area contributed by atoms with E-state index in [-0.39, 0.29) is 24.1 Å². The molecule has 98 valence electrons. The Balaban J connectivity index is 1.97. The molecule has 0 spiro atoms. The predicted molar refractivity (Wildman–Crippen MR) is 62.1 cm³/mol. The Hall–Kier alpha value is -1.84. The molecule has 18 heavy (non-hydrogen) atoms. The van der Waals surface area contributed by atoms with E-state index in [0.717, 1.165) is 0 Å². The molecule has 9 heteroatoms. The van der Waals surface area contributed by atoms with Crippen LogP contribution < -0.4 is 21.9 Å². The van der Waals surface area contributed by atoms with E-state index in [1.54, 1.807) is 0 Å². The Morgan fingerprint density at radius 2 is 2.22 bits per heavy atom. The number of hydrogen-bond donors (Lipinski definition) is 6. The van der Waals surface area contributed by atoms with Gasteiger partial charge in [-0.15, -0.1) is 0 Å². The first-order valence-electron chi connectivity index (χ1n) is 5.47. The zero-order valence-electron chi connectivity index (χ0n) is 9.25. The van der Waals surface area contributed by atoms with Crippen LogP contribution >= 0.6 is 0 Å². The number of nitrogens with one attached hydrogen (secondary N) is 3. The number of anilines is 3. The lowest BCUT2D eigenvalue weighted by atomic mass is 10.1. The van der Waals surface area contributed by atoms with Gasteiger partial charge < -0.3 is 31.3 Å². The first-order valence-corrected chi connectivity index (χ1v) is 5.47. The molecule has 0 saturated carbocycles. The number of nitrogens with two attached hydrogens (primary N) is 1. The van der Waals surface area contributed by atoms with Gasteiger partial charge in [0.1, 0.15) is 23.9 Å². The summed E-state index contributed by atoms with van der Waals surface area (Å²) >= 11 is 0. The number of ether oxygens (including phenoxy) is 1. The number of aromatic amines is 1. The minimum Gasteiger partial charge on any atom is -0.394 e. The van der Waals surface area contributed by atoms with Gasteiger partial charge in [0.05, 0.1) is 6.61 Å². The molecule has 1 aromatic heterocycles. The second-order valence-electron chi connectivity index (χ2n) is 4.26. The monoisotopic (exact) mass is 255 g/mol. The summed E-state index contributed by atoms with van der Waals surface area (Å²) in [5.74, 6) is 0.257. The maximum Gasteiger partial charge on any atom is 0.277 e. The summed E-state index contributed by atoms with van der Waals surface area (Å²) < 4.78 is 5.40. The molecule has 3 heterocycles. The molecule has 9 nitrogen and oxygen atoms in total. The SMILES string of the molecule is Nc1nc2c(c(=O)[nH]1)NC1C(N2)O[C@H](CO)[C@H]1O. The molecule has 0 aliphatic carbocycles. The lowest BCUT2D eigenvalue weighted by Gasteiger charge is -2.29. The highest BCUT2D eigenvalue weighted by atomic mass is 16.5. The molecule has 2 unspecified atom stereocenters. The highest BCUT2D eigenvalue weighted by molar-refractivity contribution is 5.68. The van der Waals surface area contributed by atoms with E-state index in [9.17, 15) is 9.90 Å². The first-order chi connectivity index (χ1) is 8.60. The lowest BCUT2D eigenvalue weighted by Crippen LogP contribution is -2.47. The lowest BCUT2D eigenvalue weighted by molar-refractivity contribution is -0.0149. The van der Waals surface area contributed by atoms with Gasteiger partial charge in [0.25, 0.3) is 5.56 Å². The van der Waals surface area contributed by atoms with Gasteiger partial charge in [-0.1, -0.05) is 0 Å². The Kier molecular flexibility index (Phi) is 2.40. The number of nitrogen functional groups attached to an aromatic ring is 1. The second-order valence-corrected chi connectivity index (χ2v) is 4.26. The maximum atomic E-state index is 11.7. The number of rotatable bonds is 1. The van der Waals surface area contributed by atoms with Crippen LogP contribution in [0.5, 0.6) is 0 Å². The van der Waals surface area contributed by atoms with Crippen molar-refractivity contribution in [3.8, 4) is 0 Å². The summed E-state index contributed by atoms with van der Waals surface area (Å²) in [4.78, 5) is 18.0. The average Bonchev–Trinajstić information content (AvgIpc) is 2.63. The number of H-pyrrole nitrogens is 1. The summed E-state index contributed by atoms with van der Waals surface area (Å²) in [6.45, 7) is -0.306. The summed E-state index contributed by atoms with van der Waals surface area (Å²) in [6.07, 6.45) is -2.19. The summed E-state index contributed by atoms with van der Waals surface area (Å²) in [5, 5.41) is 24.7. The van der Waals surface area contributed by atoms with Gasteiger partial charge in [0.15, 0.2) is 12.0 Å². The van der Waals surface area contributed by atoms with Crippen molar-refractivity contribution in [3.63, 3.8) is 0 Å². The normalized spacial score (nSPS) is 33.2. The second kappa shape index (κ2) is 3.83. The molecular weight excluding hydrogens is 242 g/mol. The molecule has 2 aliphatic rings. The molecule has 4 atom stereocenters. The fraction of sp³-hybridized carbons (Fsp3) is 0.556. The number of aromatic nitrogens is 2. The van der Waals surface area contributed by atoms with E-state index >= 15 is 0 Å². The summed E-state index contributed by atoms with van der Waals surface area (Å²) in [5.41, 5.74) is 5.21. The number of fused-ring (bicyclic) bond motifs is 2. The fourth-order valence-corrected chi connectivity index (χ4v) is 2.23. The highest BCUT2D eigenvalue weighted by Crippen LogP contribution is 2.31. The number of nitrogens with zero attached hydrogens (tertiary/aromatic N) is 1. The topological polar surface area (TPSA) is 146 Å². The van der Waals surface area contributed by atoms with Gasteiger partial charge in [-0.05, 0) is 0 Å². The van der Waals surface area contributed by atoms with Crippen LogP contribution in [0.25, 0.3) is 0 Å². The predicted octanol–water partition coefficient (Wildman–Crippen LogP) is -2.36. The zero-order chi connectivity index (χ0) is 12.9. The van der Waals surface area contributed by atoms with Crippen molar-refractivity contribution in [1.29, 1.82) is 0 Å². The molecule has 1 fully saturated rings. The third kappa shape index (κ3) is 1.52. The molecule has 2 aliphatic heterocycles. The summed E-state index contributed by atoms with van der Waals surface area (Å²) in [7, 11) is 0. The van der Waals surface area contributed by atoms with Gasteiger partial charge in [-0.25, -0.2) is 0 Å². The Labute approximate surface area is 101 Å². The van der Waals surface area contributed by atoms with Crippen molar-refractivity contribution in [1.82, 2.24) is 9.97 Å². The van der Waals surface area contributed by atoms with Crippen LogP contribution in [0, 0.1) is 0 Å². The van der Waals surface area contributed by atoms with E-state index in [2.05, 4.69) is 20.6 Å². The van der Waals surface area contributed by atoms with Crippen molar-refractivity contribution in [2.45, 2.75) is 24.5 Å². The van der Waals surface area contributed by atoms with Crippen molar-refractivity contribution in [2.75, 3.05) is 23.0 Å². The Morgan fingerprint density at radius 3 is 2.94 bits per heavy atom. The maximum absolute atomic E-state index is 11.7. The quantitative estimate of drug-likeness (QED) is 0.326. The zero-order valence-corrected chi connectivity index (χ0v) is 9.25. The molecular formula is C9H13N5O4. The van der Waals surface area contributed by atoms with E-state index in [1.165, 1.54) is 0 Å². The molecule has 0 radical (unpaired) electrons. The number of aliphatic hydroxyl groups is 2. The van der Waals surface area contributed by atoms with Gasteiger partial charge >= 0.3 is 0 Å². The molecule has 1 saturated heterocycles. The highest BCUT2D eigenvalue weighted by Gasteiger charge is 2.46. The standard InChI is InChI=1S/C9H13N5O4/c10-9-13-6-4(7(17)14-9)11-3-5(16)2(1-15)18-8(3)12-6/h2-3,5,8,11,15-16H,1H2,(H4,10,12,13,14,17)/t2-,3?,5-,8?/m1/s1. The van der Waals surface area contributed by atoms with E-state index < -0.39 is 30.0 Å².